The van der Waals surface area contributed by atoms with Crippen LogP contribution in [0.25, 0.3) is 0 Å². The highest BCUT2D eigenvalue weighted by molar-refractivity contribution is 6.41. The van der Waals surface area contributed by atoms with Crippen LogP contribution in [-0.2, 0) is 19.1 Å². The number of ether oxygens (including phenoxy) is 2. The molecule has 1 atom stereocenters. The number of anilines is 1. The van der Waals surface area contributed by atoms with Gasteiger partial charge in [0.25, 0.3) is 0 Å². The van der Waals surface area contributed by atoms with E-state index in [-0.39, 0.29) is 5.84 Å². The van der Waals surface area contributed by atoms with E-state index in [0.29, 0.717) is 17.2 Å². The molecule has 2 aromatic rings. The number of rotatable bonds is 4. The minimum atomic E-state index is -0.655. The minimum absolute atomic E-state index is 0.0304. The van der Waals surface area contributed by atoms with Gasteiger partial charge in [0.2, 0.25) is 11.8 Å². The van der Waals surface area contributed by atoms with Crippen LogP contribution < -0.4 is 5.01 Å². The molecule has 1 unspecified atom stereocenters. The summed E-state index contributed by atoms with van der Waals surface area (Å²) in [7, 11) is 2.61. The van der Waals surface area contributed by atoms with Crippen LogP contribution >= 0.6 is 0 Å². The topological polar surface area (TPSA) is 83.8 Å². The predicted octanol–water partition coefficient (Wildman–Crippen LogP) is 2.85. The summed E-state index contributed by atoms with van der Waals surface area (Å²) in [5, 5.41) is 6.06. The van der Waals surface area contributed by atoms with E-state index < -0.39 is 18.0 Å². The Morgan fingerprint density at radius 3 is 2.10 bits per heavy atom. The molecule has 0 saturated heterocycles. The third-order valence-electron chi connectivity index (χ3n) is 4.91. The highest BCUT2D eigenvalue weighted by atomic mass is 16.5. The van der Waals surface area contributed by atoms with Crippen molar-refractivity contribution >= 4 is 29.4 Å². The summed E-state index contributed by atoms with van der Waals surface area (Å²) in [4.78, 5) is 31.6. The van der Waals surface area contributed by atoms with Crippen LogP contribution in [0.15, 0.2) is 82.0 Å². The van der Waals surface area contributed by atoms with Gasteiger partial charge < -0.3 is 9.47 Å². The lowest BCUT2D eigenvalue weighted by atomic mass is 9.94. The number of benzene rings is 2. The first-order chi connectivity index (χ1) is 14.6. The minimum Gasteiger partial charge on any atom is -0.466 e. The Bertz CT molecular complexity index is 1080. The van der Waals surface area contributed by atoms with Crippen LogP contribution in [0, 0.1) is 0 Å². The lowest BCUT2D eigenvalue weighted by Gasteiger charge is -2.35. The van der Waals surface area contributed by atoms with Gasteiger partial charge in [-0.1, -0.05) is 48.5 Å². The molecule has 0 aliphatic carbocycles. The van der Waals surface area contributed by atoms with Crippen molar-refractivity contribution < 1.29 is 19.1 Å². The van der Waals surface area contributed by atoms with Gasteiger partial charge in [-0.25, -0.2) is 14.6 Å². The number of nitrogens with zero attached hydrogens (tertiary/aromatic N) is 4. The third-order valence-corrected chi connectivity index (χ3v) is 4.91. The van der Waals surface area contributed by atoms with E-state index in [0.717, 1.165) is 11.3 Å². The normalized spacial score (nSPS) is 17.9. The number of amidine groups is 1. The molecule has 0 aromatic heterocycles. The molecule has 0 N–H and O–H groups in total. The molecule has 30 heavy (non-hydrogen) atoms. The van der Waals surface area contributed by atoms with Gasteiger partial charge in [0.1, 0.15) is 0 Å². The zero-order chi connectivity index (χ0) is 21.3. The molecule has 0 amide bonds. The van der Waals surface area contributed by atoms with Crippen LogP contribution in [-0.4, -0.2) is 42.9 Å². The average Bonchev–Trinajstić information content (AvgIpc) is 3.17. The standard InChI is InChI=1S/C22H20N4O4/c1-14-17(20(27)29-2)18(15-10-6-4-7-11-15)25-19(21(28)30-3)24-26(22(25)23-14)16-12-8-5-9-13-16/h4-13,18H,1-3H3. The lowest BCUT2D eigenvalue weighted by molar-refractivity contribution is -0.137. The Morgan fingerprint density at radius 1 is 0.900 bits per heavy atom. The lowest BCUT2D eigenvalue weighted by Crippen LogP contribution is -2.47. The number of carbonyl (C=O) groups is 2. The molecular weight excluding hydrogens is 384 g/mol. The highest BCUT2D eigenvalue weighted by Gasteiger charge is 2.47. The first kappa shape index (κ1) is 19.4. The summed E-state index contributed by atoms with van der Waals surface area (Å²) in [5.41, 5.74) is 2.33. The van der Waals surface area contributed by atoms with Crippen molar-refractivity contribution in [3.8, 4) is 0 Å². The summed E-state index contributed by atoms with van der Waals surface area (Å²) in [6.07, 6.45) is 0. The van der Waals surface area contributed by atoms with E-state index in [1.807, 2.05) is 60.7 Å². The number of carbonyl (C=O) groups excluding carboxylic acids is 2. The molecule has 0 bridgehead atoms. The van der Waals surface area contributed by atoms with Gasteiger partial charge in [0.15, 0.2) is 0 Å². The van der Waals surface area contributed by atoms with E-state index in [1.54, 1.807) is 16.8 Å². The summed E-state index contributed by atoms with van der Waals surface area (Å²) in [6.45, 7) is 1.74. The number of esters is 2. The van der Waals surface area contributed by atoms with Gasteiger partial charge in [0, 0.05) is 0 Å². The van der Waals surface area contributed by atoms with E-state index in [4.69, 9.17) is 9.47 Å². The van der Waals surface area contributed by atoms with E-state index in [2.05, 4.69) is 10.1 Å². The second-order valence-corrected chi connectivity index (χ2v) is 6.65. The fourth-order valence-electron chi connectivity index (χ4n) is 3.55. The number of guanidine groups is 1. The molecule has 4 rings (SSSR count). The van der Waals surface area contributed by atoms with E-state index in [1.165, 1.54) is 14.2 Å². The maximum absolute atomic E-state index is 12.7. The summed E-state index contributed by atoms with van der Waals surface area (Å²) < 4.78 is 10.0. The van der Waals surface area contributed by atoms with E-state index >= 15 is 0 Å². The average molecular weight is 404 g/mol. The quantitative estimate of drug-likeness (QED) is 0.729. The van der Waals surface area contributed by atoms with Crippen LogP contribution in [0.3, 0.4) is 0 Å². The molecule has 8 nitrogen and oxygen atoms in total. The highest BCUT2D eigenvalue weighted by Crippen LogP contribution is 2.40. The van der Waals surface area contributed by atoms with Crippen molar-refractivity contribution in [2.45, 2.75) is 13.0 Å². The van der Waals surface area contributed by atoms with Gasteiger partial charge in [-0.3, -0.25) is 4.90 Å². The van der Waals surface area contributed by atoms with Crippen molar-refractivity contribution in [1.82, 2.24) is 4.90 Å². The predicted molar refractivity (Wildman–Crippen MR) is 112 cm³/mol. The van der Waals surface area contributed by atoms with Crippen LogP contribution in [0.4, 0.5) is 5.69 Å². The Labute approximate surface area is 173 Å². The third kappa shape index (κ3) is 3.12. The van der Waals surface area contributed by atoms with Crippen LogP contribution in [0.2, 0.25) is 0 Å². The smallest absolute Gasteiger partial charge is 0.376 e. The number of hydrogen-bond donors (Lipinski definition) is 0. The first-order valence-corrected chi connectivity index (χ1v) is 9.31. The Hall–Kier alpha value is -3.94. The van der Waals surface area contributed by atoms with Crippen LogP contribution in [0.1, 0.15) is 18.5 Å². The fraction of sp³-hybridized carbons (Fsp3) is 0.182. The van der Waals surface area contributed by atoms with Crippen molar-refractivity contribution in [2.24, 2.45) is 10.1 Å². The summed E-state index contributed by atoms with van der Waals surface area (Å²) in [5.74, 6) is -0.721. The summed E-state index contributed by atoms with van der Waals surface area (Å²) in [6, 6.07) is 18.1. The number of hydrazone groups is 1. The number of para-hydroxylation sites is 1. The van der Waals surface area contributed by atoms with Gasteiger partial charge in [-0.15, -0.1) is 5.10 Å². The molecule has 2 aliphatic rings. The number of aliphatic imine (C=N–C) groups is 1. The monoisotopic (exact) mass is 404 g/mol. The number of hydrogen-bond acceptors (Lipinski definition) is 8. The molecule has 2 aromatic carbocycles. The van der Waals surface area contributed by atoms with Crippen molar-refractivity contribution in [3.05, 3.63) is 77.5 Å². The molecule has 0 spiro atoms. The van der Waals surface area contributed by atoms with E-state index in [9.17, 15) is 9.59 Å². The molecule has 2 aliphatic heterocycles. The van der Waals surface area contributed by atoms with Crippen molar-refractivity contribution in [1.29, 1.82) is 0 Å². The Kier molecular flexibility index (Phi) is 5.05. The summed E-state index contributed by atoms with van der Waals surface area (Å²) >= 11 is 0. The zero-order valence-electron chi connectivity index (χ0n) is 16.8. The maximum Gasteiger partial charge on any atom is 0.376 e. The first-order valence-electron chi connectivity index (χ1n) is 9.31. The maximum atomic E-state index is 12.7. The van der Waals surface area contributed by atoms with Gasteiger partial charge in [-0.2, -0.15) is 5.01 Å². The SMILES string of the molecule is COC(=O)C1=NN(c2ccccc2)C2=NC(C)=C(C(=O)OC)C(c3ccccc3)N12. The van der Waals surface area contributed by atoms with Gasteiger partial charge in [0.05, 0.1) is 37.2 Å². The number of allylic oxidation sites excluding steroid dienone is 1. The second kappa shape index (κ2) is 7.82. The largest absolute Gasteiger partial charge is 0.466 e. The molecule has 0 radical (unpaired) electrons. The second-order valence-electron chi connectivity index (χ2n) is 6.65. The fourth-order valence-corrected chi connectivity index (χ4v) is 3.55. The number of fused-ring (bicyclic) bond motifs is 1. The zero-order valence-corrected chi connectivity index (χ0v) is 16.8. The Morgan fingerprint density at radius 2 is 1.50 bits per heavy atom. The molecule has 152 valence electrons. The van der Waals surface area contributed by atoms with Crippen molar-refractivity contribution in [2.75, 3.05) is 19.2 Å². The molecular formula is C22H20N4O4. The number of methoxy groups -OCH3 is 2. The van der Waals surface area contributed by atoms with Crippen molar-refractivity contribution in [3.63, 3.8) is 0 Å². The van der Waals surface area contributed by atoms with Gasteiger partial charge >= 0.3 is 11.9 Å². The molecule has 0 fully saturated rings. The molecule has 0 saturated carbocycles. The van der Waals surface area contributed by atoms with Crippen LogP contribution in [0.5, 0.6) is 0 Å². The Balaban J connectivity index is 1.95. The molecule has 8 heteroatoms. The molecule has 2 heterocycles. The van der Waals surface area contributed by atoms with Gasteiger partial charge in [-0.05, 0) is 24.6 Å².